The van der Waals surface area contributed by atoms with Gasteiger partial charge in [0, 0.05) is 12.1 Å². The number of nitrogens with zero attached hydrogens (tertiary/aromatic N) is 1. The molecule has 0 aromatic carbocycles. The van der Waals surface area contributed by atoms with Crippen LogP contribution in [-0.2, 0) is 7.05 Å². The second kappa shape index (κ2) is 9.17. The molecule has 3 saturated carbocycles. The Kier molecular flexibility index (Phi) is 7.00. The second-order valence-corrected chi connectivity index (χ2v) is 11.9. The first-order valence-electron chi connectivity index (χ1n) is 12.8. The molecule has 176 valence electrons. The molecule has 1 heterocycles. The second-order valence-electron chi connectivity index (χ2n) is 11.9. The van der Waals surface area contributed by atoms with Crippen LogP contribution in [0.2, 0.25) is 0 Å². The van der Waals surface area contributed by atoms with Crippen molar-refractivity contribution in [1.82, 2.24) is 0 Å². The van der Waals surface area contributed by atoms with E-state index in [1.807, 2.05) is 5.57 Å². The number of hydrogen-bond donors (Lipinski definition) is 1. The number of halogens is 1. The van der Waals surface area contributed by atoms with Crippen LogP contribution in [0.15, 0.2) is 42.3 Å². The van der Waals surface area contributed by atoms with Crippen LogP contribution in [0.5, 0.6) is 0 Å². The first-order chi connectivity index (χ1) is 14.8. The lowest BCUT2D eigenvalue weighted by molar-refractivity contribution is -0.671. The van der Waals surface area contributed by atoms with Gasteiger partial charge in [-0.05, 0) is 97.3 Å². The number of aliphatic hydroxyl groups excluding tert-OH is 1. The molecule has 3 fully saturated rings. The molecule has 4 aliphatic carbocycles. The maximum atomic E-state index is 10.3. The monoisotopic (exact) mass is 547 g/mol. The van der Waals surface area contributed by atoms with Crippen molar-refractivity contribution in [3.05, 3.63) is 47.8 Å². The average molecular weight is 548 g/mol. The Balaban J connectivity index is 0.00000245. The maximum absolute atomic E-state index is 10.3. The summed E-state index contributed by atoms with van der Waals surface area (Å²) >= 11 is 0. The third-order valence-corrected chi connectivity index (χ3v) is 10.4. The molecule has 0 spiro atoms. The fourth-order valence-electron chi connectivity index (χ4n) is 8.41. The fraction of sp³-hybridized carbons (Fsp3) is 0.690. The highest BCUT2D eigenvalue weighted by Crippen LogP contribution is 2.66. The molecule has 0 bridgehead atoms. The van der Waals surface area contributed by atoms with Gasteiger partial charge in [-0.3, -0.25) is 0 Å². The Morgan fingerprint density at radius 3 is 2.47 bits per heavy atom. The number of allylic oxidation sites excluding steroid dienone is 3. The largest absolute Gasteiger partial charge is 1.00 e. The normalized spacial score (nSPS) is 41.8. The van der Waals surface area contributed by atoms with E-state index in [-0.39, 0.29) is 30.1 Å². The number of pyridine rings is 1. The van der Waals surface area contributed by atoms with Crippen molar-refractivity contribution >= 4 is 6.08 Å². The molecular weight excluding hydrogens is 505 g/mol. The molecule has 0 aliphatic heterocycles. The van der Waals surface area contributed by atoms with E-state index in [4.69, 9.17) is 0 Å². The highest BCUT2D eigenvalue weighted by molar-refractivity contribution is 5.48. The molecule has 0 unspecified atom stereocenters. The average Bonchev–Trinajstić information content (AvgIpc) is 3.11. The molecule has 8 atom stereocenters. The van der Waals surface area contributed by atoms with E-state index in [0.717, 1.165) is 30.6 Å². The lowest BCUT2D eigenvalue weighted by Gasteiger charge is -2.57. The highest BCUT2D eigenvalue weighted by Gasteiger charge is 2.57. The molecule has 4 aliphatic rings. The zero-order valence-electron chi connectivity index (χ0n) is 20.4. The molecule has 1 aromatic heterocycles. The van der Waals surface area contributed by atoms with Crippen molar-refractivity contribution in [3.8, 4) is 0 Å². The zero-order chi connectivity index (χ0) is 21.8. The fourth-order valence-corrected chi connectivity index (χ4v) is 8.41. The molecule has 0 amide bonds. The van der Waals surface area contributed by atoms with Gasteiger partial charge in [0.15, 0.2) is 12.4 Å². The lowest BCUT2D eigenvalue weighted by Crippen LogP contribution is -3.00. The maximum Gasteiger partial charge on any atom is 0.169 e. The van der Waals surface area contributed by atoms with Gasteiger partial charge in [-0.25, -0.2) is 4.57 Å². The number of fused-ring (bicyclic) bond motifs is 5. The van der Waals surface area contributed by atoms with Crippen molar-refractivity contribution < 1.29 is 33.7 Å². The van der Waals surface area contributed by atoms with Crippen molar-refractivity contribution in [2.24, 2.45) is 47.5 Å². The van der Waals surface area contributed by atoms with E-state index in [0.29, 0.717) is 22.7 Å². The summed E-state index contributed by atoms with van der Waals surface area (Å²) in [6.07, 6.45) is 21.7. The predicted octanol–water partition coefficient (Wildman–Crippen LogP) is 3.10. The quantitative estimate of drug-likeness (QED) is 0.351. The van der Waals surface area contributed by atoms with E-state index in [9.17, 15) is 5.11 Å². The van der Waals surface area contributed by atoms with Crippen LogP contribution in [0.3, 0.4) is 0 Å². The highest BCUT2D eigenvalue weighted by atomic mass is 127. The number of aromatic nitrogens is 1. The summed E-state index contributed by atoms with van der Waals surface area (Å²) < 4.78 is 2.10. The van der Waals surface area contributed by atoms with Gasteiger partial charge >= 0.3 is 0 Å². The van der Waals surface area contributed by atoms with Gasteiger partial charge in [-0.15, -0.1) is 0 Å². The minimum absolute atomic E-state index is 0. The Morgan fingerprint density at radius 2 is 1.72 bits per heavy atom. The van der Waals surface area contributed by atoms with Crippen molar-refractivity contribution in [2.45, 2.75) is 78.2 Å². The number of aryl methyl sites for hydroxylation is 1. The smallest absolute Gasteiger partial charge is 0.169 e. The standard InChI is InChI=1S/C29H42NO.HI/c1-20(5-6-21-13-17-30(4)18-14-21)25-9-10-26-24-8-7-22-19-23(31)11-15-28(22,2)27(24)12-16-29(25,26)3;/h5-6,8,13-14,17-18,20,22-23,25-27,31H,7,9-12,15-16,19H2,1-4H3;1H/q+1;/p-1/b6-5+;/t20-,22+,23+,25-,26+,27+,28+,29-;/m1./s1. The van der Waals surface area contributed by atoms with E-state index in [1.165, 1.54) is 44.1 Å². The zero-order valence-corrected chi connectivity index (χ0v) is 22.6. The summed E-state index contributed by atoms with van der Waals surface area (Å²) in [5, 5.41) is 10.3. The molecule has 1 N–H and O–H groups in total. The van der Waals surface area contributed by atoms with Crippen molar-refractivity contribution in [1.29, 1.82) is 0 Å². The van der Waals surface area contributed by atoms with E-state index >= 15 is 0 Å². The van der Waals surface area contributed by atoms with Crippen molar-refractivity contribution in [2.75, 3.05) is 0 Å². The van der Waals surface area contributed by atoms with Crippen LogP contribution in [-0.4, -0.2) is 11.2 Å². The number of aliphatic hydroxyl groups is 1. The topological polar surface area (TPSA) is 24.1 Å². The molecular formula is C29H42INO. The first-order valence-corrected chi connectivity index (χ1v) is 12.8. The van der Waals surface area contributed by atoms with Crippen molar-refractivity contribution in [3.63, 3.8) is 0 Å². The molecule has 5 rings (SSSR count). The Hall–Kier alpha value is -0.680. The summed E-state index contributed by atoms with van der Waals surface area (Å²) in [6, 6.07) is 4.41. The van der Waals surface area contributed by atoms with Gasteiger partial charge in [-0.1, -0.05) is 44.6 Å². The molecule has 32 heavy (non-hydrogen) atoms. The Bertz CT molecular complexity index is 876. The van der Waals surface area contributed by atoms with Crippen LogP contribution in [0.25, 0.3) is 6.08 Å². The molecule has 0 radical (unpaired) electrons. The van der Waals surface area contributed by atoms with Crippen LogP contribution in [0, 0.1) is 40.4 Å². The summed E-state index contributed by atoms with van der Waals surface area (Å²) in [5.41, 5.74) is 4.02. The first kappa shape index (κ1) is 24.4. The predicted molar refractivity (Wildman–Crippen MR) is 127 cm³/mol. The minimum atomic E-state index is -0.0579. The van der Waals surface area contributed by atoms with Crippen LogP contribution in [0.4, 0.5) is 0 Å². The Labute approximate surface area is 212 Å². The SMILES string of the molecule is C[C@H](/C=C/c1cc[n+](C)cc1)[C@H]1CC[C@H]2C3=CC[C@H]4C[C@@H](O)CC[C@]4(C)[C@H]3CC[C@]12C.[I-]. The van der Waals surface area contributed by atoms with Crippen LogP contribution >= 0.6 is 0 Å². The van der Waals surface area contributed by atoms with Gasteiger partial charge in [0.1, 0.15) is 7.05 Å². The van der Waals surface area contributed by atoms with Gasteiger partial charge in [0.25, 0.3) is 0 Å². The summed E-state index contributed by atoms with van der Waals surface area (Å²) in [4.78, 5) is 0. The summed E-state index contributed by atoms with van der Waals surface area (Å²) in [6.45, 7) is 7.65. The number of hydrogen-bond acceptors (Lipinski definition) is 1. The number of rotatable bonds is 3. The van der Waals surface area contributed by atoms with E-state index in [2.05, 4.69) is 75.1 Å². The van der Waals surface area contributed by atoms with Gasteiger partial charge in [-0.2, -0.15) is 0 Å². The minimum Gasteiger partial charge on any atom is -1.00 e. The van der Waals surface area contributed by atoms with Gasteiger partial charge in [0.2, 0.25) is 0 Å². The van der Waals surface area contributed by atoms with Gasteiger partial charge < -0.3 is 29.1 Å². The third kappa shape index (κ3) is 4.04. The van der Waals surface area contributed by atoms with E-state index < -0.39 is 0 Å². The molecule has 1 aromatic rings. The van der Waals surface area contributed by atoms with Gasteiger partial charge in [0.05, 0.1) is 6.10 Å². The Morgan fingerprint density at radius 1 is 1.03 bits per heavy atom. The van der Waals surface area contributed by atoms with Crippen LogP contribution in [0.1, 0.15) is 77.7 Å². The molecule has 2 nitrogen and oxygen atoms in total. The van der Waals surface area contributed by atoms with Crippen LogP contribution < -0.4 is 28.5 Å². The molecule has 0 saturated heterocycles. The third-order valence-electron chi connectivity index (χ3n) is 10.4. The van der Waals surface area contributed by atoms with E-state index in [1.54, 1.807) is 0 Å². The summed E-state index contributed by atoms with van der Waals surface area (Å²) in [5.74, 6) is 3.66. The summed E-state index contributed by atoms with van der Waals surface area (Å²) in [7, 11) is 2.07. The lowest BCUT2D eigenvalue weighted by atomic mass is 9.47. The molecule has 3 heteroatoms.